The molecule has 2 spiro atoms. The summed E-state index contributed by atoms with van der Waals surface area (Å²) in [6.07, 6.45) is 6.25. The quantitative estimate of drug-likeness (QED) is 0.169. The normalized spacial score (nSPS) is 34.8. The smallest absolute Gasteiger partial charge is 0.482 e. The largest absolute Gasteiger partial charge is 0.514 e. The summed E-state index contributed by atoms with van der Waals surface area (Å²) in [6.45, 7) is 12.8. The highest BCUT2D eigenvalue weighted by atomic mass is 16.7. The van der Waals surface area contributed by atoms with Crippen molar-refractivity contribution in [2.45, 2.75) is 101 Å². The molecule has 8 rings (SSSR count). The Morgan fingerprint density at radius 3 is 2.40 bits per heavy atom. The molecule has 1 aromatic rings. The zero-order valence-corrected chi connectivity index (χ0v) is 29.2. The molecular weight excluding hydrogens is 602 g/mol. The lowest BCUT2D eigenvalue weighted by Crippen LogP contribution is -2.83. The van der Waals surface area contributed by atoms with Gasteiger partial charge in [-0.05, 0) is 81.4 Å². The van der Waals surface area contributed by atoms with Crippen molar-refractivity contribution >= 4 is 6.16 Å². The zero-order chi connectivity index (χ0) is 33.2. The molecule has 4 bridgehead atoms. The van der Waals surface area contributed by atoms with Crippen molar-refractivity contribution in [3.8, 4) is 11.5 Å². The van der Waals surface area contributed by atoms with E-state index in [2.05, 4.69) is 31.7 Å². The Hall–Kier alpha value is -1.95. The van der Waals surface area contributed by atoms with E-state index in [4.69, 9.17) is 33.2 Å². The number of aliphatic hydroxyl groups is 1. The predicted molar refractivity (Wildman–Crippen MR) is 174 cm³/mol. The van der Waals surface area contributed by atoms with E-state index in [0.717, 1.165) is 51.1 Å². The summed E-state index contributed by atoms with van der Waals surface area (Å²) in [6, 6.07) is 4.39. The highest BCUT2D eigenvalue weighted by Gasteiger charge is 2.82. The lowest BCUT2D eigenvalue weighted by molar-refractivity contribution is -0.312. The average molecular weight is 658 g/mol. The zero-order valence-electron chi connectivity index (χ0n) is 29.2. The number of nitrogens with zero attached hydrogens (tertiary/aromatic N) is 1. The van der Waals surface area contributed by atoms with E-state index in [1.165, 1.54) is 24.0 Å². The summed E-state index contributed by atoms with van der Waals surface area (Å²) in [5.74, 6) is 1.73. The molecule has 1 N–H and O–H groups in total. The maximum atomic E-state index is 13.0. The van der Waals surface area contributed by atoms with Crippen LogP contribution in [0.25, 0.3) is 0 Å². The molecule has 7 aliphatic rings. The van der Waals surface area contributed by atoms with Gasteiger partial charge in [-0.25, -0.2) is 4.79 Å². The monoisotopic (exact) mass is 657 g/mol. The minimum Gasteiger partial charge on any atom is -0.482 e. The molecule has 1 saturated heterocycles. The number of carbonyl (C=O) groups excluding carboxylic acids is 1. The minimum atomic E-state index is -0.993. The van der Waals surface area contributed by atoms with Crippen molar-refractivity contribution in [1.82, 2.24) is 4.90 Å². The summed E-state index contributed by atoms with van der Waals surface area (Å²) in [4.78, 5) is 15.8. The number of fused-ring (bicyclic) bond motifs is 2. The van der Waals surface area contributed by atoms with Crippen molar-refractivity contribution in [2.24, 2.45) is 22.7 Å². The third-order valence-electron chi connectivity index (χ3n) is 13.3. The molecule has 47 heavy (non-hydrogen) atoms. The molecule has 2 heterocycles. The van der Waals surface area contributed by atoms with Crippen LogP contribution in [0.15, 0.2) is 12.1 Å². The predicted octanol–water partition coefficient (Wildman–Crippen LogP) is 4.90. The van der Waals surface area contributed by atoms with Crippen molar-refractivity contribution in [3.63, 3.8) is 0 Å². The standard InChI is InChI=1S/C37H55NO9/c1-33(2,3)34(4,40)27-22-35-11-12-37(27,42-6)31-36(35)13-14-38(23-24-7-8-24)28(35)21-25-9-10-26(30(47-31)29(25)36)46-32(39)45-20-19-44-18-17-43-16-15-41-5/h9-10,24,27-28,31,40H,7-8,11-23H2,1-6H3/t27-,28-,31-,34+,35?,36+,37-/m1/s1. The molecule has 0 amide bonds. The Bertz CT molecular complexity index is 1340. The van der Waals surface area contributed by atoms with Crippen molar-refractivity contribution in [1.29, 1.82) is 0 Å². The number of likely N-dealkylation sites (tertiary alicyclic amines) is 1. The number of piperidine rings is 1. The van der Waals surface area contributed by atoms with E-state index in [1.54, 1.807) is 14.2 Å². The molecule has 2 aliphatic heterocycles. The Kier molecular flexibility index (Phi) is 8.65. The number of benzene rings is 1. The molecule has 5 fully saturated rings. The van der Waals surface area contributed by atoms with Gasteiger partial charge in [-0.15, -0.1) is 0 Å². The number of methoxy groups -OCH3 is 2. The fraction of sp³-hybridized carbons (Fsp3) is 0.811. The lowest BCUT2D eigenvalue weighted by atomic mass is 9.33. The van der Waals surface area contributed by atoms with E-state index in [1.807, 2.05) is 13.0 Å². The third kappa shape index (κ3) is 5.06. The minimum absolute atomic E-state index is 0.0720. The third-order valence-corrected chi connectivity index (χ3v) is 13.3. The first-order valence-corrected chi connectivity index (χ1v) is 17.8. The molecule has 0 aromatic heterocycles. The molecule has 262 valence electrons. The molecule has 1 aromatic carbocycles. The van der Waals surface area contributed by atoms with Crippen LogP contribution in [-0.2, 0) is 35.5 Å². The SMILES string of the molecule is COCCOCCOCCOC(=O)Oc1ccc2c3c1O[C@H]1[C@@]4(OC)CCC5(C[C@@H]4[C@](C)(O)C(C)(C)C)[C@@H](C2)N(CC2CC2)CC[C@]315. The van der Waals surface area contributed by atoms with Crippen LogP contribution in [0.3, 0.4) is 0 Å². The van der Waals surface area contributed by atoms with Crippen LogP contribution in [-0.4, -0.2) is 106 Å². The number of carbonyl (C=O) groups is 1. The Morgan fingerprint density at radius 1 is 1.00 bits per heavy atom. The second kappa shape index (κ2) is 12.1. The first-order valence-electron chi connectivity index (χ1n) is 17.8. The second-order valence-electron chi connectivity index (χ2n) is 16.2. The van der Waals surface area contributed by atoms with Gasteiger partial charge in [0.2, 0.25) is 0 Å². The molecule has 4 saturated carbocycles. The summed E-state index contributed by atoms with van der Waals surface area (Å²) in [5, 5.41) is 12.4. The molecule has 10 nitrogen and oxygen atoms in total. The lowest BCUT2D eigenvalue weighted by Gasteiger charge is -2.75. The summed E-state index contributed by atoms with van der Waals surface area (Å²) in [5.41, 5.74) is 0.109. The van der Waals surface area contributed by atoms with Crippen LogP contribution in [0.4, 0.5) is 4.79 Å². The van der Waals surface area contributed by atoms with E-state index >= 15 is 0 Å². The van der Waals surface area contributed by atoms with E-state index in [0.29, 0.717) is 44.0 Å². The van der Waals surface area contributed by atoms with Crippen LogP contribution in [0.1, 0.15) is 77.3 Å². The van der Waals surface area contributed by atoms with E-state index < -0.39 is 17.4 Å². The van der Waals surface area contributed by atoms with Gasteiger partial charge in [0.05, 0.1) is 38.6 Å². The van der Waals surface area contributed by atoms with Gasteiger partial charge in [-0.1, -0.05) is 26.8 Å². The highest BCUT2D eigenvalue weighted by Crippen LogP contribution is 2.78. The number of hydrogen-bond donors (Lipinski definition) is 1. The Balaban J connectivity index is 1.18. The molecule has 5 aliphatic carbocycles. The molecule has 10 heteroatoms. The first-order chi connectivity index (χ1) is 22.4. The molecule has 1 unspecified atom stereocenters. The van der Waals surface area contributed by atoms with Gasteiger partial charge in [-0.2, -0.15) is 0 Å². The van der Waals surface area contributed by atoms with Crippen molar-refractivity contribution < 1.29 is 43.1 Å². The summed E-state index contributed by atoms with van der Waals surface area (Å²) in [7, 11) is 3.44. The highest BCUT2D eigenvalue weighted by molar-refractivity contribution is 5.70. The van der Waals surface area contributed by atoms with E-state index in [9.17, 15) is 9.90 Å². The van der Waals surface area contributed by atoms with Crippen LogP contribution >= 0.6 is 0 Å². The van der Waals surface area contributed by atoms with Gasteiger partial charge in [0.1, 0.15) is 18.3 Å². The Labute approximate surface area is 279 Å². The van der Waals surface area contributed by atoms with Gasteiger partial charge in [0.25, 0.3) is 0 Å². The topological polar surface area (TPSA) is 105 Å². The van der Waals surface area contributed by atoms with Crippen molar-refractivity contribution in [3.05, 3.63) is 23.3 Å². The van der Waals surface area contributed by atoms with Crippen LogP contribution < -0.4 is 9.47 Å². The van der Waals surface area contributed by atoms with Gasteiger partial charge in [0.15, 0.2) is 11.5 Å². The van der Waals surface area contributed by atoms with Crippen LogP contribution in [0.2, 0.25) is 0 Å². The maximum absolute atomic E-state index is 13.0. The maximum Gasteiger partial charge on any atom is 0.514 e. The van der Waals surface area contributed by atoms with Crippen LogP contribution in [0, 0.1) is 22.7 Å². The van der Waals surface area contributed by atoms with Gasteiger partial charge in [-0.3, -0.25) is 4.90 Å². The first kappa shape index (κ1) is 33.5. The Morgan fingerprint density at radius 2 is 1.72 bits per heavy atom. The van der Waals surface area contributed by atoms with Crippen molar-refractivity contribution in [2.75, 3.05) is 67.0 Å². The van der Waals surface area contributed by atoms with Gasteiger partial charge < -0.3 is 38.3 Å². The van der Waals surface area contributed by atoms with Gasteiger partial charge in [0, 0.05) is 49.1 Å². The second-order valence-corrected chi connectivity index (χ2v) is 16.2. The number of hydrogen-bond acceptors (Lipinski definition) is 10. The number of ether oxygens (including phenoxy) is 7. The fourth-order valence-corrected chi connectivity index (χ4v) is 10.4. The fourth-order valence-electron chi connectivity index (χ4n) is 10.4. The number of rotatable bonds is 14. The van der Waals surface area contributed by atoms with Gasteiger partial charge >= 0.3 is 6.16 Å². The molecule has 0 radical (unpaired) electrons. The molecule has 7 atom stereocenters. The van der Waals surface area contributed by atoms with Crippen LogP contribution in [0.5, 0.6) is 11.5 Å². The summed E-state index contributed by atoms with van der Waals surface area (Å²) >= 11 is 0. The van der Waals surface area contributed by atoms with E-state index in [-0.39, 0.29) is 41.5 Å². The summed E-state index contributed by atoms with van der Waals surface area (Å²) < 4.78 is 41.0. The molecular formula is C37H55NO9. The average Bonchev–Trinajstić information content (AvgIpc) is 3.78.